The summed E-state index contributed by atoms with van der Waals surface area (Å²) in [6.07, 6.45) is 1.94. The van der Waals surface area contributed by atoms with Crippen LogP contribution in [0.3, 0.4) is 0 Å². The van der Waals surface area contributed by atoms with Crippen molar-refractivity contribution in [3.05, 3.63) is 83.2 Å². The highest BCUT2D eigenvalue weighted by atomic mass is 16.5. The van der Waals surface area contributed by atoms with Crippen LogP contribution in [0.4, 0.5) is 16.2 Å². The third kappa shape index (κ3) is 8.21. The predicted octanol–water partition coefficient (Wildman–Crippen LogP) is 5.23. The third-order valence-corrected chi connectivity index (χ3v) is 8.55. The number of rotatable bonds is 6. The number of nitrogens with zero attached hydrogens (tertiary/aromatic N) is 4. The smallest absolute Gasteiger partial charge is 0.323 e. The Kier molecular flexibility index (Phi) is 10.2. The van der Waals surface area contributed by atoms with Gasteiger partial charge in [-0.1, -0.05) is 20.8 Å². The second-order valence-electron chi connectivity index (χ2n) is 13.1. The van der Waals surface area contributed by atoms with Gasteiger partial charge in [0.2, 0.25) is 0 Å². The van der Waals surface area contributed by atoms with E-state index in [1.807, 2.05) is 11.0 Å². The Morgan fingerprint density at radius 3 is 1.93 bits per heavy atom. The first kappa shape index (κ1) is 32.9. The van der Waals surface area contributed by atoms with Crippen LogP contribution in [0.15, 0.2) is 65.7 Å². The number of benzene rings is 2. The zero-order chi connectivity index (χ0) is 32.8. The minimum absolute atomic E-state index is 0.0165. The minimum Gasteiger partial charge on any atom is -0.378 e. The first-order chi connectivity index (χ1) is 22.0. The summed E-state index contributed by atoms with van der Waals surface area (Å²) in [5.74, 6) is 0.857. The molecule has 11 heteroatoms. The third-order valence-electron chi connectivity index (χ3n) is 8.55. The van der Waals surface area contributed by atoms with E-state index < -0.39 is 6.03 Å². The van der Waals surface area contributed by atoms with Crippen molar-refractivity contribution in [2.75, 3.05) is 64.1 Å². The summed E-state index contributed by atoms with van der Waals surface area (Å²) >= 11 is 0. The number of morpholine rings is 1. The van der Waals surface area contributed by atoms with E-state index in [0.717, 1.165) is 37.3 Å². The summed E-state index contributed by atoms with van der Waals surface area (Å²) in [7, 11) is 4.16. The summed E-state index contributed by atoms with van der Waals surface area (Å²) < 4.78 is 5.55. The summed E-state index contributed by atoms with van der Waals surface area (Å²) in [4.78, 5) is 40.2. The van der Waals surface area contributed by atoms with Gasteiger partial charge in [0.1, 0.15) is 0 Å². The van der Waals surface area contributed by atoms with Crippen LogP contribution in [0.5, 0.6) is 0 Å². The van der Waals surface area contributed by atoms with E-state index in [9.17, 15) is 9.59 Å². The van der Waals surface area contributed by atoms with Crippen LogP contribution in [-0.2, 0) is 10.2 Å². The van der Waals surface area contributed by atoms with Crippen molar-refractivity contribution in [3.63, 3.8) is 0 Å². The minimum atomic E-state index is -0.401. The van der Waals surface area contributed by atoms with Gasteiger partial charge in [0.05, 0.1) is 18.9 Å². The molecule has 2 aromatic carbocycles. The average Bonchev–Trinajstić information content (AvgIpc) is 3.55. The van der Waals surface area contributed by atoms with Crippen LogP contribution >= 0.6 is 0 Å². The van der Waals surface area contributed by atoms with E-state index in [4.69, 9.17) is 15.1 Å². The molecule has 244 valence electrons. The second kappa shape index (κ2) is 14.3. The van der Waals surface area contributed by atoms with Crippen LogP contribution < -0.4 is 10.6 Å². The lowest BCUT2D eigenvalue weighted by Gasteiger charge is -2.35. The van der Waals surface area contributed by atoms with Crippen molar-refractivity contribution >= 4 is 35.0 Å². The van der Waals surface area contributed by atoms with Crippen molar-refractivity contribution in [2.45, 2.75) is 45.1 Å². The number of amides is 3. The number of piperidine rings is 1. The number of urea groups is 1. The van der Waals surface area contributed by atoms with Gasteiger partial charge >= 0.3 is 6.03 Å². The predicted molar refractivity (Wildman–Crippen MR) is 183 cm³/mol. The first-order valence-corrected chi connectivity index (χ1v) is 15.9. The number of H-pyrrole nitrogens is 1. The van der Waals surface area contributed by atoms with Gasteiger partial charge in [0.25, 0.3) is 5.91 Å². The van der Waals surface area contributed by atoms with Crippen LogP contribution in [0.1, 0.15) is 60.9 Å². The summed E-state index contributed by atoms with van der Waals surface area (Å²) in [6.45, 7) is 10.6. The molecular formula is C35H46N8O3. The number of carbonyl (C=O) groups is 2. The molecule has 3 aromatic rings. The Morgan fingerprint density at radius 1 is 0.848 bits per heavy atom. The number of likely N-dealkylation sites (tertiary alicyclic amines) is 1. The zero-order valence-electron chi connectivity index (χ0n) is 27.5. The molecule has 5 rings (SSSR count). The van der Waals surface area contributed by atoms with Gasteiger partial charge in [-0.2, -0.15) is 0 Å². The van der Waals surface area contributed by atoms with Crippen LogP contribution in [0.25, 0.3) is 0 Å². The van der Waals surface area contributed by atoms with Crippen LogP contribution in [0, 0.1) is 5.41 Å². The molecule has 0 aliphatic carbocycles. The normalized spacial score (nSPS) is 16.4. The molecule has 46 heavy (non-hydrogen) atoms. The molecule has 2 aliphatic rings. The molecule has 0 bridgehead atoms. The molecular weight excluding hydrogens is 580 g/mol. The van der Waals surface area contributed by atoms with Gasteiger partial charge in [0.15, 0.2) is 11.7 Å². The molecule has 0 spiro atoms. The Morgan fingerprint density at radius 2 is 1.41 bits per heavy atom. The lowest BCUT2D eigenvalue weighted by atomic mass is 9.93. The largest absolute Gasteiger partial charge is 0.378 e. The SMILES string of the molecule is CN(C)C1CCN(C(=O)c2ccc(NC(=O)Nc3ccc(C(=N)N=C(c4ccc(C(C)(C)C)[nH]4)N4CCOCC4)cc3)cc2)CC1. The van der Waals surface area contributed by atoms with E-state index >= 15 is 0 Å². The fraction of sp³-hybridized carbons (Fsp3) is 0.429. The van der Waals surface area contributed by atoms with Crippen molar-refractivity contribution in [1.82, 2.24) is 19.7 Å². The Balaban J connectivity index is 1.18. The maximum absolute atomic E-state index is 13.0. The summed E-state index contributed by atoms with van der Waals surface area (Å²) in [6, 6.07) is 18.2. The Hall–Kier alpha value is -4.48. The molecule has 2 aliphatic heterocycles. The van der Waals surface area contributed by atoms with Gasteiger partial charge in [-0.25, -0.2) is 9.79 Å². The Bertz CT molecular complexity index is 1540. The summed E-state index contributed by atoms with van der Waals surface area (Å²) in [5, 5.41) is 14.4. The molecule has 3 amide bonds. The number of aromatic amines is 1. The highest BCUT2D eigenvalue weighted by Crippen LogP contribution is 2.23. The molecule has 0 radical (unpaired) electrons. The van der Waals surface area contributed by atoms with Crippen LogP contribution in [-0.4, -0.2) is 103 Å². The van der Waals surface area contributed by atoms with E-state index in [2.05, 4.69) is 66.4 Å². The quantitative estimate of drug-likeness (QED) is 0.220. The van der Waals surface area contributed by atoms with Crippen molar-refractivity contribution in [2.24, 2.45) is 4.99 Å². The second-order valence-corrected chi connectivity index (χ2v) is 13.1. The molecule has 1 aromatic heterocycles. The number of hydrogen-bond donors (Lipinski definition) is 4. The number of anilines is 2. The van der Waals surface area contributed by atoms with Crippen molar-refractivity contribution in [3.8, 4) is 0 Å². The van der Waals surface area contributed by atoms with E-state index in [1.54, 1.807) is 48.5 Å². The maximum Gasteiger partial charge on any atom is 0.323 e. The fourth-order valence-corrected chi connectivity index (χ4v) is 5.68. The number of nitrogens with one attached hydrogen (secondary N) is 4. The maximum atomic E-state index is 13.0. The molecule has 0 unspecified atom stereocenters. The van der Waals surface area contributed by atoms with Crippen molar-refractivity contribution < 1.29 is 14.3 Å². The topological polar surface area (TPSA) is 129 Å². The number of hydrogen-bond acceptors (Lipinski definition) is 5. The van der Waals surface area contributed by atoms with E-state index in [1.165, 1.54) is 0 Å². The van der Waals surface area contributed by atoms with Gasteiger partial charge in [-0.05, 0) is 87.6 Å². The van der Waals surface area contributed by atoms with E-state index in [0.29, 0.717) is 60.7 Å². The molecule has 4 N–H and O–H groups in total. The molecule has 0 saturated carbocycles. The van der Waals surface area contributed by atoms with Gasteiger partial charge in [0, 0.05) is 65.8 Å². The molecule has 0 atom stereocenters. The highest BCUT2D eigenvalue weighted by Gasteiger charge is 2.25. The Labute approximate surface area is 271 Å². The number of ether oxygens (including phenoxy) is 1. The zero-order valence-corrected chi connectivity index (χ0v) is 27.5. The van der Waals surface area contributed by atoms with Gasteiger partial charge < -0.3 is 35.1 Å². The molecule has 2 fully saturated rings. The van der Waals surface area contributed by atoms with Gasteiger partial charge in [-0.15, -0.1) is 0 Å². The number of aliphatic imine (C=N–C) groups is 1. The van der Waals surface area contributed by atoms with Crippen LogP contribution in [0.2, 0.25) is 0 Å². The number of amidine groups is 2. The van der Waals surface area contributed by atoms with Gasteiger partial charge in [-0.3, -0.25) is 10.2 Å². The van der Waals surface area contributed by atoms with Crippen molar-refractivity contribution in [1.29, 1.82) is 5.41 Å². The molecule has 3 heterocycles. The lowest BCUT2D eigenvalue weighted by molar-refractivity contribution is 0.0663. The molecule has 2 saturated heterocycles. The highest BCUT2D eigenvalue weighted by molar-refractivity contribution is 6.10. The number of carbonyl (C=O) groups excluding carboxylic acids is 2. The lowest BCUT2D eigenvalue weighted by Crippen LogP contribution is -2.44. The first-order valence-electron chi connectivity index (χ1n) is 15.9. The average molecular weight is 627 g/mol. The number of aromatic nitrogens is 1. The summed E-state index contributed by atoms with van der Waals surface area (Å²) in [5.41, 5.74) is 4.34. The fourth-order valence-electron chi connectivity index (χ4n) is 5.68. The monoisotopic (exact) mass is 626 g/mol. The standard InChI is InChI=1S/C35H46N8O3/c1-35(2,3)30-15-14-29(39-30)32(42-20-22-46-23-21-42)40-31(36)24-6-10-26(11-7-24)37-34(45)38-27-12-8-25(9-13-27)33(44)43-18-16-28(17-19-43)41(4)5/h6-15,28,36,39H,16-23H2,1-5H3,(H2,37,38,45). The molecule has 11 nitrogen and oxygen atoms in total. The van der Waals surface area contributed by atoms with E-state index in [-0.39, 0.29) is 17.2 Å².